The molecule has 130 valence electrons. The summed E-state index contributed by atoms with van der Waals surface area (Å²) in [6, 6.07) is 4.74. The Labute approximate surface area is 139 Å². The van der Waals surface area contributed by atoms with Crippen LogP contribution in [-0.2, 0) is 41.7 Å². The summed E-state index contributed by atoms with van der Waals surface area (Å²) in [7, 11) is -6.09. The Morgan fingerprint density at radius 2 is 1.21 bits per heavy atom. The fraction of sp³-hybridized carbons (Fsp3) is 0.333. The second-order valence-electron chi connectivity index (χ2n) is 4.95. The molecule has 0 radical (unpaired) electrons. The molecule has 10 nitrogen and oxygen atoms in total. The van der Waals surface area contributed by atoms with E-state index >= 15 is 0 Å². The average Bonchev–Trinajstić information content (AvgIpc) is 2.45. The molecule has 1 aromatic carbocycles. The number of hydrogen-bond acceptors (Lipinski definition) is 8. The van der Waals surface area contributed by atoms with Crippen LogP contribution in [0, 0.1) is 0 Å². The lowest BCUT2D eigenvalue weighted by Gasteiger charge is -2.23. The van der Waals surface area contributed by atoms with Gasteiger partial charge in [0.1, 0.15) is 0 Å². The standard InChI is InChI=1S/C12H12N2O8S2/c1-11(9(15)16,13-23(19)20)7-4-3-5-8(6-7)12(2,10(17)18)14-24(21)22/h3-6H,1-2H3,(H,15,16)(H,17,18)/t11-,12-/m0/s1. The highest BCUT2D eigenvalue weighted by Gasteiger charge is 2.40. The highest BCUT2D eigenvalue weighted by atomic mass is 32.2. The summed E-state index contributed by atoms with van der Waals surface area (Å²) >= 11 is 0. The summed E-state index contributed by atoms with van der Waals surface area (Å²) in [5, 5.41) is 18.6. The van der Waals surface area contributed by atoms with Crippen molar-refractivity contribution in [2.24, 2.45) is 8.73 Å². The first-order valence-electron chi connectivity index (χ1n) is 6.16. The number of benzene rings is 1. The van der Waals surface area contributed by atoms with E-state index < -0.39 is 44.0 Å². The largest absolute Gasteiger partial charge is 0.479 e. The molecule has 2 N–H and O–H groups in total. The van der Waals surface area contributed by atoms with E-state index in [0.717, 1.165) is 19.9 Å². The Kier molecular flexibility index (Phi) is 5.58. The molecule has 0 heterocycles. The van der Waals surface area contributed by atoms with Crippen molar-refractivity contribution in [2.75, 3.05) is 0 Å². The minimum atomic E-state index is -3.05. The van der Waals surface area contributed by atoms with E-state index in [1.54, 1.807) is 0 Å². The van der Waals surface area contributed by atoms with Crippen molar-refractivity contribution in [3.05, 3.63) is 35.4 Å². The average molecular weight is 376 g/mol. The summed E-state index contributed by atoms with van der Waals surface area (Å²) in [6.07, 6.45) is 0. The van der Waals surface area contributed by atoms with Gasteiger partial charge in [-0.25, -0.2) is 9.59 Å². The van der Waals surface area contributed by atoms with Gasteiger partial charge in [-0.15, -0.1) is 8.73 Å². The molecule has 0 bridgehead atoms. The second kappa shape index (κ2) is 6.88. The molecule has 1 rings (SSSR count). The zero-order valence-electron chi connectivity index (χ0n) is 12.4. The summed E-state index contributed by atoms with van der Waals surface area (Å²) in [5.74, 6) is -3.18. The Bertz CT molecular complexity index is 875. The third-order valence-corrected chi connectivity index (χ3v) is 4.36. The number of carboxylic acid groups (broad SMARTS) is 2. The molecule has 1 aromatic rings. The Morgan fingerprint density at radius 3 is 1.46 bits per heavy atom. The Balaban J connectivity index is 3.74. The topological polar surface area (TPSA) is 168 Å². The highest BCUT2D eigenvalue weighted by molar-refractivity contribution is 7.61. The van der Waals surface area contributed by atoms with Crippen LogP contribution in [0.4, 0.5) is 0 Å². The molecule has 0 amide bonds. The van der Waals surface area contributed by atoms with Crippen LogP contribution in [0.2, 0.25) is 0 Å². The lowest BCUT2D eigenvalue weighted by Crippen LogP contribution is -2.33. The van der Waals surface area contributed by atoms with Crippen molar-refractivity contribution < 1.29 is 36.6 Å². The summed E-state index contributed by atoms with van der Waals surface area (Å²) in [4.78, 5) is 22.8. The van der Waals surface area contributed by atoms with E-state index in [1.807, 2.05) is 0 Å². The molecule has 0 unspecified atom stereocenters. The molecular weight excluding hydrogens is 364 g/mol. The number of nitrogens with zero attached hydrogens (tertiary/aromatic N) is 2. The summed E-state index contributed by atoms with van der Waals surface area (Å²) in [6.45, 7) is 2.01. The quantitative estimate of drug-likeness (QED) is 0.719. The van der Waals surface area contributed by atoms with Crippen LogP contribution in [0.25, 0.3) is 0 Å². The number of hydrogen-bond donors (Lipinski definition) is 2. The first-order valence-corrected chi connectivity index (χ1v) is 8.22. The van der Waals surface area contributed by atoms with E-state index in [-0.39, 0.29) is 11.1 Å². The lowest BCUT2D eigenvalue weighted by atomic mass is 9.86. The maximum absolute atomic E-state index is 11.4. The molecule has 0 fully saturated rings. The first kappa shape index (κ1) is 19.4. The molecule has 0 aliphatic carbocycles. The van der Waals surface area contributed by atoms with Gasteiger partial charge in [0, 0.05) is 0 Å². The van der Waals surface area contributed by atoms with Gasteiger partial charge in [0.25, 0.3) is 0 Å². The Morgan fingerprint density at radius 1 is 0.875 bits per heavy atom. The van der Waals surface area contributed by atoms with Crippen LogP contribution < -0.4 is 0 Å². The maximum atomic E-state index is 11.4. The van der Waals surface area contributed by atoms with Gasteiger partial charge in [-0.1, -0.05) is 18.2 Å². The highest BCUT2D eigenvalue weighted by Crippen LogP contribution is 2.32. The first-order chi connectivity index (χ1) is 10.9. The minimum Gasteiger partial charge on any atom is -0.479 e. The molecule has 12 heteroatoms. The fourth-order valence-corrected chi connectivity index (χ4v) is 2.82. The summed E-state index contributed by atoms with van der Waals surface area (Å²) in [5.41, 5.74) is -4.73. The molecule has 0 aromatic heterocycles. The van der Waals surface area contributed by atoms with Crippen molar-refractivity contribution in [1.29, 1.82) is 0 Å². The van der Waals surface area contributed by atoms with Gasteiger partial charge < -0.3 is 10.2 Å². The molecule has 0 spiro atoms. The molecule has 0 aliphatic rings. The van der Waals surface area contributed by atoms with Gasteiger partial charge >= 0.3 is 32.9 Å². The van der Waals surface area contributed by atoms with Gasteiger partial charge in [0.2, 0.25) is 0 Å². The van der Waals surface area contributed by atoms with Crippen molar-refractivity contribution >= 4 is 32.9 Å². The minimum absolute atomic E-state index is 0.156. The third-order valence-electron chi connectivity index (χ3n) is 3.33. The molecule has 0 saturated carbocycles. The van der Waals surface area contributed by atoms with Crippen molar-refractivity contribution in [3.63, 3.8) is 0 Å². The van der Waals surface area contributed by atoms with Gasteiger partial charge in [-0.05, 0) is 31.0 Å². The monoisotopic (exact) mass is 376 g/mol. The van der Waals surface area contributed by atoms with Crippen LogP contribution >= 0.6 is 0 Å². The van der Waals surface area contributed by atoms with E-state index in [1.165, 1.54) is 18.2 Å². The van der Waals surface area contributed by atoms with Crippen molar-refractivity contribution in [2.45, 2.75) is 24.9 Å². The van der Waals surface area contributed by atoms with E-state index in [4.69, 9.17) is 0 Å². The number of aliphatic carboxylic acids is 2. The number of carbonyl (C=O) groups is 2. The lowest BCUT2D eigenvalue weighted by molar-refractivity contribution is -0.143. The van der Waals surface area contributed by atoms with E-state index in [9.17, 15) is 36.6 Å². The number of carboxylic acids is 2. The SMILES string of the molecule is C[C@@](N=S(=O)=O)(C(=O)O)c1cccc([C@](C)(N=S(=O)=O)C(=O)O)c1. The number of rotatable bonds is 6. The zero-order chi connectivity index (χ0) is 18.7. The molecule has 2 atom stereocenters. The van der Waals surface area contributed by atoms with Crippen LogP contribution in [-0.4, -0.2) is 39.0 Å². The third kappa shape index (κ3) is 3.83. The van der Waals surface area contributed by atoms with Gasteiger partial charge in [-0.3, -0.25) is 0 Å². The van der Waals surface area contributed by atoms with Gasteiger partial charge in [0.05, 0.1) is 0 Å². The van der Waals surface area contributed by atoms with E-state index in [2.05, 4.69) is 8.73 Å². The molecule has 0 saturated heterocycles. The van der Waals surface area contributed by atoms with Crippen molar-refractivity contribution in [3.8, 4) is 0 Å². The van der Waals surface area contributed by atoms with Crippen molar-refractivity contribution in [1.82, 2.24) is 0 Å². The second-order valence-corrected chi connectivity index (χ2v) is 6.19. The Hall–Kier alpha value is -2.60. The maximum Gasteiger partial charge on any atom is 0.337 e. The predicted octanol–water partition coefficient (Wildman–Crippen LogP) is 0.412. The molecule has 0 aliphatic heterocycles. The summed E-state index contributed by atoms with van der Waals surface area (Å²) < 4.78 is 49.5. The smallest absolute Gasteiger partial charge is 0.337 e. The molecule has 24 heavy (non-hydrogen) atoms. The van der Waals surface area contributed by atoms with E-state index in [0.29, 0.717) is 0 Å². The van der Waals surface area contributed by atoms with Gasteiger partial charge in [0.15, 0.2) is 11.1 Å². The van der Waals surface area contributed by atoms with Crippen LogP contribution in [0.5, 0.6) is 0 Å². The fourth-order valence-electron chi connectivity index (χ4n) is 1.85. The van der Waals surface area contributed by atoms with Crippen LogP contribution in [0.15, 0.2) is 33.0 Å². The van der Waals surface area contributed by atoms with Crippen LogP contribution in [0.1, 0.15) is 25.0 Å². The normalized spacial score (nSPS) is 15.4. The zero-order valence-corrected chi connectivity index (χ0v) is 14.0. The van der Waals surface area contributed by atoms with Crippen LogP contribution in [0.3, 0.4) is 0 Å². The predicted molar refractivity (Wildman–Crippen MR) is 79.1 cm³/mol. The molecular formula is C12H12N2O8S2. The van der Waals surface area contributed by atoms with Gasteiger partial charge in [-0.2, -0.15) is 16.8 Å².